The molecule has 2 amide bonds. The van der Waals surface area contributed by atoms with E-state index in [1.165, 1.54) is 4.90 Å². The van der Waals surface area contributed by atoms with Gasteiger partial charge in [0.1, 0.15) is 0 Å². The van der Waals surface area contributed by atoms with Crippen LogP contribution in [0.4, 0.5) is 4.79 Å². The highest BCUT2D eigenvalue weighted by atomic mass is 32.3. The van der Waals surface area contributed by atoms with Crippen molar-refractivity contribution >= 4 is 22.4 Å². The van der Waals surface area contributed by atoms with Gasteiger partial charge >= 0.3 is 22.4 Å². The Bertz CT molecular complexity index is 770. The monoisotopic (exact) mass is 403 g/mol. The molecule has 2 bridgehead atoms. The third kappa shape index (κ3) is 3.63. The number of fused-ring (bicyclic) bond motifs is 2. The lowest BCUT2D eigenvalue weighted by Gasteiger charge is -2.36. The Morgan fingerprint density at radius 1 is 1.37 bits per heavy atom. The highest BCUT2D eigenvalue weighted by molar-refractivity contribution is 7.81. The number of rotatable bonds is 6. The molecule has 10 nitrogen and oxygen atoms in total. The lowest BCUT2D eigenvalue weighted by molar-refractivity contribution is -0.163. The zero-order valence-electron chi connectivity index (χ0n) is 15.5. The number of nitrogens with two attached hydrogens (primary N) is 1. The number of ether oxygens (including phenoxy) is 1. The average molecular weight is 403 g/mol. The maximum absolute atomic E-state index is 12.6. The van der Waals surface area contributed by atoms with Crippen LogP contribution in [0.1, 0.15) is 39.5 Å². The average Bonchev–Trinajstić information content (AvgIpc) is 2.76. The zero-order valence-corrected chi connectivity index (χ0v) is 16.3. The molecule has 3 aliphatic rings. The predicted octanol–water partition coefficient (Wildman–Crippen LogP) is 0.654. The van der Waals surface area contributed by atoms with E-state index in [0.29, 0.717) is 38.0 Å². The van der Waals surface area contributed by atoms with Gasteiger partial charge < -0.3 is 15.4 Å². The Balaban J connectivity index is 1.69. The van der Waals surface area contributed by atoms with E-state index in [1.54, 1.807) is 13.8 Å². The first kappa shape index (κ1) is 19.9. The third-order valence-corrected chi connectivity index (χ3v) is 6.21. The van der Waals surface area contributed by atoms with Crippen LogP contribution >= 0.6 is 0 Å². The predicted molar refractivity (Wildman–Crippen MR) is 93.0 cm³/mol. The molecule has 11 heteroatoms. The SMILES string of the molecule is C=C(N)[C@@H]1CC[C@]2(C)CN1C(=O)N2OS(=O)(=O)OCC1(C)CCCOC1=O. The van der Waals surface area contributed by atoms with E-state index in [4.69, 9.17) is 18.9 Å². The van der Waals surface area contributed by atoms with Crippen LogP contribution in [0.3, 0.4) is 0 Å². The molecule has 0 aromatic heterocycles. The summed E-state index contributed by atoms with van der Waals surface area (Å²) in [5, 5.41) is 0.826. The summed E-state index contributed by atoms with van der Waals surface area (Å²) in [4.78, 5) is 26.0. The molecule has 3 atom stereocenters. The molecule has 2 N–H and O–H groups in total. The number of hydrogen-bond acceptors (Lipinski definition) is 8. The lowest BCUT2D eigenvalue weighted by atomic mass is 9.85. The van der Waals surface area contributed by atoms with Crippen molar-refractivity contribution in [2.24, 2.45) is 11.1 Å². The standard InChI is InChI=1S/C16H25N3O7S/c1-11(17)12-5-7-16(3)9-18(12)14(21)19(16)26-27(22,23)25-10-15(2)6-4-8-24-13(15)20/h12H,1,4-10,17H2,2-3H3/t12-,15?,16+/m0/s1. The molecule has 0 saturated carbocycles. The van der Waals surface area contributed by atoms with E-state index in [0.717, 1.165) is 5.06 Å². The van der Waals surface area contributed by atoms with Gasteiger partial charge in [0.15, 0.2) is 0 Å². The molecular weight excluding hydrogens is 378 g/mol. The Morgan fingerprint density at radius 2 is 2.07 bits per heavy atom. The highest BCUT2D eigenvalue weighted by Gasteiger charge is 2.55. The van der Waals surface area contributed by atoms with Crippen molar-refractivity contribution in [3.05, 3.63) is 12.3 Å². The summed E-state index contributed by atoms with van der Waals surface area (Å²) in [5.41, 5.74) is 4.20. The van der Waals surface area contributed by atoms with Crippen LogP contribution in [-0.4, -0.2) is 61.7 Å². The number of urea groups is 1. The van der Waals surface area contributed by atoms with Gasteiger partial charge in [-0.15, -0.1) is 4.28 Å². The highest BCUT2D eigenvalue weighted by Crippen LogP contribution is 2.40. The molecule has 27 heavy (non-hydrogen) atoms. The largest absolute Gasteiger partial charge is 0.465 e. The Kier molecular flexibility index (Phi) is 4.89. The molecule has 1 unspecified atom stereocenters. The molecule has 3 saturated heterocycles. The second-order valence-corrected chi connectivity index (χ2v) is 9.08. The Hall–Kier alpha value is -1.85. The first-order chi connectivity index (χ1) is 12.5. The van der Waals surface area contributed by atoms with Crippen LogP contribution in [0.25, 0.3) is 0 Å². The number of piperidine rings is 1. The fraction of sp³-hybridized carbons (Fsp3) is 0.750. The molecule has 0 spiro atoms. The molecular formula is C16H25N3O7S. The van der Waals surface area contributed by atoms with Crippen LogP contribution in [0.2, 0.25) is 0 Å². The van der Waals surface area contributed by atoms with Gasteiger partial charge in [0, 0.05) is 12.2 Å². The molecule has 0 aliphatic carbocycles. The number of esters is 1. The second-order valence-electron chi connectivity index (χ2n) is 7.88. The van der Waals surface area contributed by atoms with E-state index in [-0.39, 0.29) is 12.6 Å². The van der Waals surface area contributed by atoms with Gasteiger partial charge in [-0.05, 0) is 39.5 Å². The normalized spacial score (nSPS) is 33.9. The number of amides is 2. The van der Waals surface area contributed by atoms with Gasteiger partial charge in [-0.1, -0.05) is 6.58 Å². The number of cyclic esters (lactones) is 1. The molecule has 0 radical (unpaired) electrons. The third-order valence-electron chi connectivity index (χ3n) is 5.47. The molecule has 152 valence electrons. The van der Waals surface area contributed by atoms with E-state index < -0.39 is 40.0 Å². The quantitative estimate of drug-likeness (QED) is 0.640. The van der Waals surface area contributed by atoms with E-state index in [1.807, 2.05) is 0 Å². The maximum atomic E-state index is 12.6. The minimum absolute atomic E-state index is 0.270. The minimum atomic E-state index is -4.56. The number of hydroxylamine groups is 2. The summed E-state index contributed by atoms with van der Waals surface area (Å²) >= 11 is 0. The smallest absolute Gasteiger partial charge is 0.421 e. The van der Waals surface area contributed by atoms with Gasteiger partial charge in [-0.2, -0.15) is 13.5 Å². The molecule has 0 aromatic rings. The van der Waals surface area contributed by atoms with Crippen LogP contribution < -0.4 is 5.73 Å². The number of carbonyl (C=O) groups is 2. The molecule has 3 fully saturated rings. The molecule has 3 aliphatic heterocycles. The second kappa shape index (κ2) is 6.64. The summed E-state index contributed by atoms with van der Waals surface area (Å²) in [6.07, 6.45) is 2.11. The zero-order chi connectivity index (χ0) is 20.0. The van der Waals surface area contributed by atoms with Gasteiger partial charge in [0.2, 0.25) is 0 Å². The van der Waals surface area contributed by atoms with Crippen molar-refractivity contribution in [2.75, 3.05) is 19.8 Å². The van der Waals surface area contributed by atoms with Gasteiger partial charge in [-0.3, -0.25) is 4.79 Å². The van der Waals surface area contributed by atoms with Crippen molar-refractivity contribution in [1.29, 1.82) is 0 Å². The first-order valence-electron chi connectivity index (χ1n) is 8.79. The lowest BCUT2D eigenvalue weighted by Crippen LogP contribution is -2.48. The van der Waals surface area contributed by atoms with E-state index in [9.17, 15) is 18.0 Å². The number of carbonyl (C=O) groups excluding carboxylic acids is 2. The van der Waals surface area contributed by atoms with Crippen molar-refractivity contribution in [2.45, 2.75) is 51.1 Å². The maximum Gasteiger partial charge on any atom is 0.421 e. The summed E-state index contributed by atoms with van der Waals surface area (Å²) in [6, 6.07) is -0.971. The molecule has 3 heterocycles. The number of nitrogens with zero attached hydrogens (tertiary/aromatic N) is 2. The van der Waals surface area contributed by atoms with Crippen molar-refractivity contribution in [1.82, 2.24) is 9.96 Å². The minimum Gasteiger partial charge on any atom is -0.465 e. The first-order valence-corrected chi connectivity index (χ1v) is 10.1. The van der Waals surface area contributed by atoms with Crippen LogP contribution in [0.15, 0.2) is 12.3 Å². The summed E-state index contributed by atoms with van der Waals surface area (Å²) in [5.74, 6) is -0.514. The van der Waals surface area contributed by atoms with Crippen LogP contribution in [0, 0.1) is 5.41 Å². The Morgan fingerprint density at radius 3 is 2.70 bits per heavy atom. The van der Waals surface area contributed by atoms with Crippen molar-refractivity contribution < 1.29 is 31.2 Å². The van der Waals surface area contributed by atoms with Crippen LogP contribution in [-0.2, 0) is 28.4 Å². The van der Waals surface area contributed by atoms with Gasteiger partial charge in [0.25, 0.3) is 0 Å². The fourth-order valence-corrected chi connectivity index (χ4v) is 4.60. The topological polar surface area (TPSA) is 128 Å². The Labute approximate surface area is 158 Å². The van der Waals surface area contributed by atoms with E-state index >= 15 is 0 Å². The van der Waals surface area contributed by atoms with Gasteiger partial charge in [-0.25, -0.2) is 8.98 Å². The summed E-state index contributed by atoms with van der Waals surface area (Å²) in [6.45, 7) is 7.15. The van der Waals surface area contributed by atoms with Crippen LogP contribution in [0.5, 0.6) is 0 Å². The molecule has 3 rings (SSSR count). The van der Waals surface area contributed by atoms with Crippen molar-refractivity contribution in [3.63, 3.8) is 0 Å². The fourth-order valence-electron chi connectivity index (χ4n) is 3.73. The summed E-state index contributed by atoms with van der Waals surface area (Å²) < 4.78 is 39.5. The van der Waals surface area contributed by atoms with Gasteiger partial charge in [0.05, 0.1) is 30.2 Å². The molecule has 0 aromatic carbocycles. The number of hydrogen-bond donors (Lipinski definition) is 1. The summed E-state index contributed by atoms with van der Waals surface area (Å²) in [7, 11) is -4.56. The van der Waals surface area contributed by atoms with Crippen molar-refractivity contribution in [3.8, 4) is 0 Å². The van der Waals surface area contributed by atoms with E-state index in [2.05, 4.69) is 6.58 Å².